The normalized spacial score (nSPS) is 9.88. The molecular formula is C29H21FIrN2-2. The molecule has 5 rings (SSSR count). The zero-order valence-electron chi connectivity index (χ0n) is 18.0. The fourth-order valence-electron chi connectivity index (χ4n) is 3.30. The van der Waals surface area contributed by atoms with Gasteiger partial charge in [-0.25, -0.2) is 0 Å². The second-order valence-electron chi connectivity index (χ2n) is 7.13. The minimum atomic E-state index is -0.299. The first-order valence-corrected chi connectivity index (χ1v) is 10.3. The van der Waals surface area contributed by atoms with Crippen LogP contribution in [0.5, 0.6) is 0 Å². The van der Waals surface area contributed by atoms with E-state index in [0.29, 0.717) is 11.3 Å². The summed E-state index contributed by atoms with van der Waals surface area (Å²) in [6, 6.07) is 36.4. The van der Waals surface area contributed by atoms with E-state index in [-0.39, 0.29) is 25.9 Å². The van der Waals surface area contributed by atoms with Crippen LogP contribution < -0.4 is 0 Å². The van der Waals surface area contributed by atoms with Crippen molar-refractivity contribution in [3.05, 3.63) is 133 Å². The Balaban J connectivity index is 0.000000202. The smallest absolute Gasteiger partial charge is 0.0380 e. The number of halogens is 1. The first-order chi connectivity index (χ1) is 15.7. The molecule has 4 heteroatoms. The van der Waals surface area contributed by atoms with Crippen LogP contribution >= 0.6 is 0 Å². The number of aryl methyl sites for hydroxylation is 1. The van der Waals surface area contributed by atoms with Crippen molar-refractivity contribution in [3.63, 3.8) is 0 Å². The molecule has 0 unspecified atom stereocenters. The summed E-state index contributed by atoms with van der Waals surface area (Å²) in [5, 5.41) is 0. The molecule has 0 aliphatic carbocycles. The average molecular weight is 609 g/mol. The monoisotopic (exact) mass is 609 g/mol. The molecule has 0 N–H and O–H groups in total. The number of rotatable bonds is 3. The summed E-state index contributed by atoms with van der Waals surface area (Å²) < 4.78 is 13.8. The fraction of sp³-hybridized carbons (Fsp3) is 0.0345. The van der Waals surface area contributed by atoms with Crippen molar-refractivity contribution in [1.82, 2.24) is 9.97 Å². The van der Waals surface area contributed by atoms with Crippen molar-refractivity contribution in [2.24, 2.45) is 0 Å². The van der Waals surface area contributed by atoms with Crippen molar-refractivity contribution < 1.29 is 24.5 Å². The molecule has 2 heterocycles. The van der Waals surface area contributed by atoms with E-state index in [1.807, 2.05) is 85.8 Å². The molecule has 0 aliphatic rings. The molecule has 0 saturated heterocycles. The van der Waals surface area contributed by atoms with Gasteiger partial charge in [-0.15, -0.1) is 60.2 Å². The van der Waals surface area contributed by atoms with Crippen LogP contribution in [0.15, 0.2) is 109 Å². The summed E-state index contributed by atoms with van der Waals surface area (Å²) in [7, 11) is 0. The summed E-state index contributed by atoms with van der Waals surface area (Å²) in [4.78, 5) is 8.59. The van der Waals surface area contributed by atoms with E-state index >= 15 is 0 Å². The Kier molecular flexibility index (Phi) is 8.77. The Labute approximate surface area is 207 Å². The van der Waals surface area contributed by atoms with Gasteiger partial charge in [-0.05, 0) is 35.5 Å². The molecule has 3 aromatic carbocycles. The van der Waals surface area contributed by atoms with Crippen LogP contribution in [0.3, 0.4) is 0 Å². The third-order valence-electron chi connectivity index (χ3n) is 4.91. The number of nitrogens with zero attached hydrogens (tertiary/aromatic N) is 2. The number of hydrogen-bond donors (Lipinski definition) is 0. The predicted molar refractivity (Wildman–Crippen MR) is 127 cm³/mol. The van der Waals surface area contributed by atoms with E-state index in [9.17, 15) is 4.39 Å². The Morgan fingerprint density at radius 1 is 0.727 bits per heavy atom. The standard InChI is InChI=1S/C18H13FN.C11H8N.Ir/c1-13-11-18(15-9-5-6-10-17(15)19)20-12-16(13)14-7-3-2-4-8-14;1-2-6-10(7-3-1)11-8-4-5-9-12-11;/h2-8,10-12H,1H3;1-6,8-9H;/q2*-1;. The SMILES string of the molecule is Cc1cc(-c2[c-]cccc2F)ncc1-c1ccccc1.[Ir].[c-]1ccccc1-c1ccccn1. The molecule has 1 radical (unpaired) electrons. The number of benzene rings is 3. The molecule has 0 amide bonds. The van der Waals surface area contributed by atoms with Crippen molar-refractivity contribution in [2.75, 3.05) is 0 Å². The van der Waals surface area contributed by atoms with Gasteiger partial charge in [0, 0.05) is 43.9 Å². The first kappa shape index (κ1) is 24.2. The zero-order chi connectivity index (χ0) is 22.2. The molecule has 2 nitrogen and oxygen atoms in total. The van der Waals surface area contributed by atoms with Crippen molar-refractivity contribution in [3.8, 4) is 33.6 Å². The molecular weight excluding hydrogens is 588 g/mol. The Morgan fingerprint density at radius 3 is 2.15 bits per heavy atom. The first-order valence-electron chi connectivity index (χ1n) is 10.3. The van der Waals surface area contributed by atoms with Gasteiger partial charge in [0.2, 0.25) is 0 Å². The largest absolute Gasteiger partial charge is 0.305 e. The molecule has 0 saturated carbocycles. The number of hydrogen-bond acceptors (Lipinski definition) is 2. The van der Waals surface area contributed by atoms with Crippen molar-refractivity contribution in [2.45, 2.75) is 6.92 Å². The summed E-state index contributed by atoms with van der Waals surface area (Å²) in [5.41, 5.74) is 6.27. The number of aromatic nitrogens is 2. The van der Waals surface area contributed by atoms with E-state index in [4.69, 9.17) is 0 Å². The van der Waals surface area contributed by atoms with Crippen molar-refractivity contribution in [1.29, 1.82) is 0 Å². The molecule has 0 aliphatic heterocycles. The van der Waals surface area contributed by atoms with E-state index < -0.39 is 0 Å². The van der Waals surface area contributed by atoms with E-state index in [1.165, 1.54) is 6.07 Å². The van der Waals surface area contributed by atoms with Gasteiger partial charge in [-0.2, -0.15) is 0 Å². The number of pyridine rings is 2. The van der Waals surface area contributed by atoms with Gasteiger partial charge in [0.1, 0.15) is 0 Å². The molecule has 165 valence electrons. The van der Waals surface area contributed by atoms with Gasteiger partial charge in [-0.3, -0.25) is 4.39 Å². The van der Waals surface area contributed by atoms with E-state index in [2.05, 4.69) is 22.1 Å². The van der Waals surface area contributed by atoms with Crippen LogP contribution in [0.4, 0.5) is 4.39 Å². The topological polar surface area (TPSA) is 25.8 Å². The van der Waals surface area contributed by atoms with E-state index in [1.54, 1.807) is 24.5 Å². The third-order valence-corrected chi connectivity index (χ3v) is 4.91. The molecule has 33 heavy (non-hydrogen) atoms. The quantitative estimate of drug-likeness (QED) is 0.202. The molecule has 0 spiro atoms. The van der Waals surface area contributed by atoms with Gasteiger partial charge < -0.3 is 9.97 Å². The molecule has 0 fully saturated rings. The maximum Gasteiger partial charge on any atom is 0.0380 e. The second-order valence-corrected chi connectivity index (χ2v) is 7.13. The molecule has 2 aromatic heterocycles. The second kappa shape index (κ2) is 12.0. The third kappa shape index (κ3) is 6.29. The van der Waals surface area contributed by atoms with E-state index in [0.717, 1.165) is 27.9 Å². The minimum absolute atomic E-state index is 0. The molecule has 0 bridgehead atoms. The fourth-order valence-corrected chi connectivity index (χ4v) is 3.30. The summed E-state index contributed by atoms with van der Waals surface area (Å²) in [6.07, 6.45) is 3.58. The van der Waals surface area contributed by atoms with Gasteiger partial charge in [0.05, 0.1) is 0 Å². The predicted octanol–water partition coefficient (Wildman–Crippen LogP) is 7.21. The Hall–Kier alpha value is -3.46. The average Bonchev–Trinajstić information content (AvgIpc) is 2.86. The van der Waals surface area contributed by atoms with Gasteiger partial charge in [-0.1, -0.05) is 54.1 Å². The van der Waals surface area contributed by atoms with Crippen LogP contribution in [0.2, 0.25) is 0 Å². The van der Waals surface area contributed by atoms with Crippen LogP contribution in [0.25, 0.3) is 33.6 Å². The molecule has 0 atom stereocenters. The Morgan fingerprint density at radius 2 is 1.48 bits per heavy atom. The van der Waals surface area contributed by atoms with Crippen LogP contribution in [0, 0.1) is 24.9 Å². The maximum absolute atomic E-state index is 13.8. The summed E-state index contributed by atoms with van der Waals surface area (Å²) in [5.74, 6) is -0.299. The van der Waals surface area contributed by atoms with Crippen LogP contribution in [0.1, 0.15) is 5.56 Å². The summed E-state index contributed by atoms with van der Waals surface area (Å²) in [6.45, 7) is 2.01. The van der Waals surface area contributed by atoms with Gasteiger partial charge in [0.15, 0.2) is 0 Å². The molecule has 5 aromatic rings. The maximum atomic E-state index is 13.8. The Bertz CT molecular complexity index is 1240. The van der Waals surface area contributed by atoms with Crippen LogP contribution in [-0.2, 0) is 20.1 Å². The minimum Gasteiger partial charge on any atom is -0.305 e. The summed E-state index contributed by atoms with van der Waals surface area (Å²) >= 11 is 0. The zero-order valence-corrected chi connectivity index (χ0v) is 20.4. The van der Waals surface area contributed by atoms with Crippen molar-refractivity contribution >= 4 is 0 Å². The van der Waals surface area contributed by atoms with Gasteiger partial charge in [0.25, 0.3) is 0 Å². The van der Waals surface area contributed by atoms with Crippen LogP contribution in [-0.4, -0.2) is 9.97 Å². The van der Waals surface area contributed by atoms with Gasteiger partial charge >= 0.3 is 0 Å².